The van der Waals surface area contributed by atoms with Crippen LogP contribution in [0.15, 0.2) is 42.5 Å². The molecular weight excluding hydrogens is 262 g/mol. The summed E-state index contributed by atoms with van der Waals surface area (Å²) in [6.45, 7) is 2.91. The van der Waals surface area contributed by atoms with Gasteiger partial charge >= 0.3 is 6.09 Å². The van der Waals surface area contributed by atoms with Gasteiger partial charge in [0.1, 0.15) is 6.61 Å². The summed E-state index contributed by atoms with van der Waals surface area (Å²) in [6.07, 6.45) is 0.647. The Labute approximate surface area is 125 Å². The summed E-state index contributed by atoms with van der Waals surface area (Å²) in [5.74, 6) is 0. The summed E-state index contributed by atoms with van der Waals surface area (Å²) < 4.78 is 5.39. The average molecular weight is 281 g/mol. The zero-order valence-electron chi connectivity index (χ0n) is 12.4. The number of rotatable bonds is 3. The van der Waals surface area contributed by atoms with E-state index < -0.39 is 0 Å². The van der Waals surface area contributed by atoms with E-state index in [-0.39, 0.29) is 6.09 Å². The molecule has 108 valence electrons. The van der Waals surface area contributed by atoms with Gasteiger partial charge in [0, 0.05) is 13.6 Å². The minimum absolute atomic E-state index is 0.273. The molecule has 0 unspecified atom stereocenters. The maximum absolute atomic E-state index is 11.8. The van der Waals surface area contributed by atoms with Crippen LogP contribution in [0.2, 0.25) is 0 Å². The normalized spacial score (nSPS) is 11.7. The van der Waals surface area contributed by atoms with Crippen LogP contribution < -0.4 is 0 Å². The summed E-state index contributed by atoms with van der Waals surface area (Å²) in [5, 5.41) is 0. The van der Waals surface area contributed by atoms with Gasteiger partial charge in [0.2, 0.25) is 0 Å². The Morgan fingerprint density at radius 2 is 1.90 bits per heavy atom. The van der Waals surface area contributed by atoms with E-state index in [2.05, 4.69) is 30.3 Å². The van der Waals surface area contributed by atoms with Crippen molar-refractivity contribution >= 4 is 6.09 Å². The fourth-order valence-corrected chi connectivity index (χ4v) is 2.74. The van der Waals surface area contributed by atoms with Crippen molar-refractivity contribution in [1.29, 1.82) is 0 Å². The molecule has 3 rings (SSSR count). The van der Waals surface area contributed by atoms with Crippen LogP contribution in [0.5, 0.6) is 0 Å². The number of carbonyl (C=O) groups excluding carboxylic acids is 1. The van der Waals surface area contributed by atoms with Crippen LogP contribution in [-0.4, -0.2) is 24.6 Å². The third-order valence-electron chi connectivity index (χ3n) is 4.08. The molecule has 2 aromatic rings. The molecule has 1 amide bonds. The molecule has 2 aromatic carbocycles. The third-order valence-corrected chi connectivity index (χ3v) is 4.08. The minimum atomic E-state index is -0.273. The molecule has 1 aliphatic carbocycles. The largest absolute Gasteiger partial charge is 0.445 e. The smallest absolute Gasteiger partial charge is 0.409 e. The summed E-state index contributed by atoms with van der Waals surface area (Å²) in [5.41, 5.74) is 6.29. The van der Waals surface area contributed by atoms with Crippen molar-refractivity contribution < 1.29 is 9.53 Å². The molecule has 0 atom stereocenters. The second-order valence-corrected chi connectivity index (χ2v) is 5.35. The van der Waals surface area contributed by atoms with Gasteiger partial charge in [-0.15, -0.1) is 0 Å². The Hall–Kier alpha value is -2.29. The summed E-state index contributed by atoms with van der Waals surface area (Å²) in [4.78, 5) is 13.3. The first kappa shape index (κ1) is 13.7. The predicted molar refractivity (Wildman–Crippen MR) is 83.2 cm³/mol. The fourth-order valence-electron chi connectivity index (χ4n) is 2.74. The molecule has 0 spiro atoms. The van der Waals surface area contributed by atoms with Gasteiger partial charge in [-0.05, 0) is 41.2 Å². The molecule has 0 saturated heterocycles. The number of fused-ring (bicyclic) bond motifs is 3. The lowest BCUT2D eigenvalue weighted by Crippen LogP contribution is -2.26. The van der Waals surface area contributed by atoms with Gasteiger partial charge in [-0.3, -0.25) is 0 Å². The van der Waals surface area contributed by atoms with Crippen molar-refractivity contribution in [2.75, 3.05) is 13.6 Å². The topological polar surface area (TPSA) is 29.5 Å². The Kier molecular flexibility index (Phi) is 3.65. The van der Waals surface area contributed by atoms with E-state index in [4.69, 9.17) is 4.74 Å². The fraction of sp³-hybridized carbons (Fsp3) is 0.278. The van der Waals surface area contributed by atoms with Gasteiger partial charge in [0.15, 0.2) is 0 Å². The molecule has 0 aliphatic heterocycles. The molecule has 3 nitrogen and oxygen atoms in total. The van der Waals surface area contributed by atoms with E-state index in [0.717, 1.165) is 12.0 Å². The van der Waals surface area contributed by atoms with Gasteiger partial charge in [0.05, 0.1) is 0 Å². The standard InChI is InChI=1S/C18H19NO2/c1-3-19(2)18(20)21-12-14-8-6-10-16-15-9-5-4-7-13(15)11-17(14)16/h4-10H,3,11-12H2,1-2H3. The molecule has 0 radical (unpaired) electrons. The number of carbonyl (C=O) groups is 1. The molecule has 0 saturated carbocycles. The lowest BCUT2D eigenvalue weighted by atomic mass is 10.0. The Bertz CT molecular complexity index is 679. The predicted octanol–water partition coefficient (Wildman–Crippen LogP) is 3.85. The van der Waals surface area contributed by atoms with Crippen molar-refractivity contribution in [2.45, 2.75) is 20.0 Å². The van der Waals surface area contributed by atoms with Crippen molar-refractivity contribution in [3.8, 4) is 11.1 Å². The highest BCUT2D eigenvalue weighted by atomic mass is 16.6. The molecule has 0 aromatic heterocycles. The second kappa shape index (κ2) is 5.60. The number of nitrogens with zero attached hydrogens (tertiary/aromatic N) is 1. The number of ether oxygens (including phenoxy) is 1. The van der Waals surface area contributed by atoms with E-state index >= 15 is 0 Å². The summed E-state index contributed by atoms with van der Waals surface area (Å²) >= 11 is 0. The number of amides is 1. The van der Waals surface area contributed by atoms with Crippen LogP contribution >= 0.6 is 0 Å². The quantitative estimate of drug-likeness (QED) is 0.730. The van der Waals surface area contributed by atoms with Crippen LogP contribution in [0.25, 0.3) is 11.1 Å². The van der Waals surface area contributed by atoms with Crippen LogP contribution in [0, 0.1) is 0 Å². The van der Waals surface area contributed by atoms with Crippen molar-refractivity contribution in [3.05, 3.63) is 59.2 Å². The van der Waals surface area contributed by atoms with E-state index in [9.17, 15) is 4.79 Å². The molecule has 3 heteroatoms. The van der Waals surface area contributed by atoms with Gasteiger partial charge in [-0.1, -0.05) is 42.5 Å². The van der Waals surface area contributed by atoms with Crippen molar-refractivity contribution in [3.63, 3.8) is 0 Å². The molecule has 0 N–H and O–H groups in total. The van der Waals surface area contributed by atoms with Crippen LogP contribution in [0.3, 0.4) is 0 Å². The number of benzene rings is 2. The molecule has 0 fully saturated rings. The Morgan fingerprint density at radius 3 is 2.71 bits per heavy atom. The first-order valence-corrected chi connectivity index (χ1v) is 7.27. The Morgan fingerprint density at radius 1 is 1.14 bits per heavy atom. The first-order chi connectivity index (χ1) is 10.2. The van der Waals surface area contributed by atoms with Gasteiger partial charge < -0.3 is 9.64 Å². The first-order valence-electron chi connectivity index (χ1n) is 7.27. The zero-order valence-corrected chi connectivity index (χ0v) is 12.4. The van der Waals surface area contributed by atoms with E-state index in [1.807, 2.05) is 19.1 Å². The molecular formula is C18H19NO2. The highest BCUT2D eigenvalue weighted by Crippen LogP contribution is 2.38. The van der Waals surface area contributed by atoms with Crippen LogP contribution in [0.1, 0.15) is 23.6 Å². The SMILES string of the molecule is CCN(C)C(=O)OCc1cccc2c1Cc1ccccc1-2. The van der Waals surface area contributed by atoms with Gasteiger partial charge in [-0.25, -0.2) is 4.79 Å². The van der Waals surface area contributed by atoms with E-state index in [1.165, 1.54) is 22.3 Å². The maximum atomic E-state index is 11.8. The van der Waals surface area contributed by atoms with Crippen molar-refractivity contribution in [2.24, 2.45) is 0 Å². The molecule has 1 aliphatic rings. The van der Waals surface area contributed by atoms with E-state index in [1.54, 1.807) is 11.9 Å². The highest BCUT2D eigenvalue weighted by Gasteiger charge is 2.21. The molecule has 21 heavy (non-hydrogen) atoms. The second-order valence-electron chi connectivity index (χ2n) is 5.35. The molecule has 0 heterocycles. The Balaban J connectivity index is 1.82. The van der Waals surface area contributed by atoms with Gasteiger partial charge in [-0.2, -0.15) is 0 Å². The highest BCUT2D eigenvalue weighted by molar-refractivity contribution is 5.78. The van der Waals surface area contributed by atoms with Crippen LogP contribution in [0.4, 0.5) is 4.79 Å². The summed E-state index contributed by atoms with van der Waals surface area (Å²) in [7, 11) is 1.74. The number of hydrogen-bond donors (Lipinski definition) is 0. The minimum Gasteiger partial charge on any atom is -0.445 e. The average Bonchev–Trinajstić information content (AvgIpc) is 2.91. The molecule has 0 bridgehead atoms. The lowest BCUT2D eigenvalue weighted by Gasteiger charge is -2.15. The zero-order chi connectivity index (χ0) is 14.8. The third kappa shape index (κ3) is 2.51. The summed E-state index contributed by atoms with van der Waals surface area (Å²) in [6, 6.07) is 14.7. The van der Waals surface area contributed by atoms with Gasteiger partial charge in [0.25, 0.3) is 0 Å². The maximum Gasteiger partial charge on any atom is 0.409 e. The lowest BCUT2D eigenvalue weighted by molar-refractivity contribution is 0.106. The van der Waals surface area contributed by atoms with E-state index in [0.29, 0.717) is 13.2 Å². The number of hydrogen-bond acceptors (Lipinski definition) is 2. The van der Waals surface area contributed by atoms with Crippen molar-refractivity contribution in [1.82, 2.24) is 4.90 Å². The van der Waals surface area contributed by atoms with Crippen LogP contribution in [-0.2, 0) is 17.8 Å². The monoisotopic (exact) mass is 281 g/mol.